The van der Waals surface area contributed by atoms with Crippen LogP contribution in [-0.2, 0) is 4.79 Å². The molecule has 0 aliphatic rings. The van der Waals surface area contributed by atoms with Crippen LogP contribution in [0.25, 0.3) is 10.9 Å². The predicted octanol–water partition coefficient (Wildman–Crippen LogP) is 1.19. The summed E-state index contributed by atoms with van der Waals surface area (Å²) in [5.41, 5.74) is 5.60. The minimum absolute atomic E-state index is 0.0255. The van der Waals surface area contributed by atoms with Crippen LogP contribution in [0.1, 0.15) is 17.3 Å². The van der Waals surface area contributed by atoms with Gasteiger partial charge in [-0.3, -0.25) is 9.78 Å². The molecule has 1 atom stereocenters. The number of benzene rings is 1. The quantitative estimate of drug-likeness (QED) is 0.859. The minimum Gasteiger partial charge on any atom is -0.478 e. The highest BCUT2D eigenvalue weighted by molar-refractivity contribution is 6.05. The third kappa shape index (κ3) is 2.47. The lowest BCUT2D eigenvalue weighted by Crippen LogP contribution is -2.31. The van der Waals surface area contributed by atoms with Crippen molar-refractivity contribution in [2.24, 2.45) is 5.73 Å². The first-order valence-electron chi connectivity index (χ1n) is 5.57. The SMILES string of the molecule is CC(Oc1cnc2ccccc2c1C(=O)O)C(N)=O. The molecule has 1 aromatic carbocycles. The van der Waals surface area contributed by atoms with E-state index in [0.717, 1.165) is 0 Å². The van der Waals surface area contributed by atoms with E-state index in [1.165, 1.54) is 13.1 Å². The molecule has 1 heterocycles. The maximum atomic E-state index is 11.4. The van der Waals surface area contributed by atoms with Crippen molar-refractivity contribution in [3.05, 3.63) is 36.0 Å². The smallest absolute Gasteiger partial charge is 0.340 e. The Morgan fingerprint density at radius 1 is 1.37 bits per heavy atom. The van der Waals surface area contributed by atoms with Crippen molar-refractivity contribution in [1.82, 2.24) is 4.98 Å². The second-order valence-electron chi connectivity index (χ2n) is 3.98. The Morgan fingerprint density at radius 2 is 2.05 bits per heavy atom. The zero-order valence-electron chi connectivity index (χ0n) is 10.2. The number of ether oxygens (including phenoxy) is 1. The number of amides is 1. The number of aromatic carboxylic acids is 1. The van der Waals surface area contributed by atoms with Gasteiger partial charge in [-0.05, 0) is 13.0 Å². The van der Waals surface area contributed by atoms with Gasteiger partial charge in [0.15, 0.2) is 11.9 Å². The summed E-state index contributed by atoms with van der Waals surface area (Å²) in [4.78, 5) is 26.4. The molecule has 6 nitrogen and oxygen atoms in total. The van der Waals surface area contributed by atoms with E-state index < -0.39 is 18.0 Å². The van der Waals surface area contributed by atoms with Crippen LogP contribution in [0.2, 0.25) is 0 Å². The monoisotopic (exact) mass is 260 g/mol. The van der Waals surface area contributed by atoms with E-state index in [9.17, 15) is 14.7 Å². The molecular weight excluding hydrogens is 248 g/mol. The normalized spacial score (nSPS) is 12.1. The molecule has 0 bridgehead atoms. The van der Waals surface area contributed by atoms with Gasteiger partial charge < -0.3 is 15.6 Å². The minimum atomic E-state index is -1.15. The highest BCUT2D eigenvalue weighted by Crippen LogP contribution is 2.26. The molecule has 2 aromatic rings. The van der Waals surface area contributed by atoms with Gasteiger partial charge in [0, 0.05) is 5.39 Å². The lowest BCUT2D eigenvalue weighted by molar-refractivity contribution is -0.124. The van der Waals surface area contributed by atoms with Gasteiger partial charge in [0.2, 0.25) is 0 Å². The first-order chi connectivity index (χ1) is 9.00. The number of aromatic nitrogens is 1. The number of nitrogens with two attached hydrogens (primary N) is 1. The molecule has 0 aliphatic carbocycles. The number of pyridine rings is 1. The number of para-hydroxylation sites is 1. The molecule has 6 heteroatoms. The average Bonchev–Trinajstić information content (AvgIpc) is 2.37. The molecule has 1 aromatic heterocycles. The van der Waals surface area contributed by atoms with Crippen LogP contribution in [0.3, 0.4) is 0 Å². The van der Waals surface area contributed by atoms with E-state index in [-0.39, 0.29) is 11.3 Å². The second kappa shape index (κ2) is 4.93. The zero-order chi connectivity index (χ0) is 14.0. The summed E-state index contributed by atoms with van der Waals surface area (Å²) in [7, 11) is 0. The number of carboxylic acids is 1. The Hall–Kier alpha value is -2.63. The van der Waals surface area contributed by atoms with Crippen LogP contribution in [0.15, 0.2) is 30.5 Å². The first kappa shape index (κ1) is 12.8. The zero-order valence-corrected chi connectivity index (χ0v) is 10.2. The molecule has 2 rings (SSSR count). The van der Waals surface area contributed by atoms with Crippen molar-refractivity contribution in [2.45, 2.75) is 13.0 Å². The highest BCUT2D eigenvalue weighted by Gasteiger charge is 2.20. The Morgan fingerprint density at radius 3 is 2.68 bits per heavy atom. The summed E-state index contributed by atoms with van der Waals surface area (Å²) in [5.74, 6) is -1.80. The molecule has 98 valence electrons. The number of primary amides is 1. The van der Waals surface area contributed by atoms with Gasteiger partial charge in [-0.25, -0.2) is 4.79 Å². The summed E-state index contributed by atoms with van der Waals surface area (Å²) in [6, 6.07) is 6.79. The maximum absolute atomic E-state index is 11.4. The molecule has 3 N–H and O–H groups in total. The molecule has 0 radical (unpaired) electrons. The van der Waals surface area contributed by atoms with Crippen molar-refractivity contribution < 1.29 is 19.4 Å². The molecular formula is C13H12N2O4. The molecule has 0 aliphatic heterocycles. The maximum Gasteiger partial charge on any atom is 0.340 e. The predicted molar refractivity (Wildman–Crippen MR) is 68.0 cm³/mol. The number of carbonyl (C=O) groups excluding carboxylic acids is 1. The fourth-order valence-electron chi connectivity index (χ4n) is 1.68. The number of hydrogen-bond donors (Lipinski definition) is 2. The van der Waals surface area contributed by atoms with Gasteiger partial charge in [0.05, 0.1) is 11.7 Å². The largest absolute Gasteiger partial charge is 0.478 e. The standard InChI is InChI=1S/C13H12N2O4/c1-7(12(14)16)19-10-6-15-9-5-3-2-4-8(9)11(10)13(17)18/h2-7H,1H3,(H2,14,16)(H,17,18). The van der Waals surface area contributed by atoms with Crippen molar-refractivity contribution in [1.29, 1.82) is 0 Å². The van der Waals surface area contributed by atoms with E-state index in [0.29, 0.717) is 10.9 Å². The number of carboxylic acid groups (broad SMARTS) is 1. The molecule has 0 saturated heterocycles. The van der Waals surface area contributed by atoms with E-state index >= 15 is 0 Å². The van der Waals surface area contributed by atoms with Crippen molar-refractivity contribution in [3.63, 3.8) is 0 Å². The highest BCUT2D eigenvalue weighted by atomic mass is 16.5. The third-order valence-corrected chi connectivity index (χ3v) is 2.66. The van der Waals surface area contributed by atoms with E-state index in [4.69, 9.17) is 10.5 Å². The van der Waals surface area contributed by atoms with Gasteiger partial charge in [0.25, 0.3) is 5.91 Å². The van der Waals surface area contributed by atoms with Gasteiger partial charge in [-0.1, -0.05) is 18.2 Å². The summed E-state index contributed by atoms with van der Waals surface area (Å²) in [6.07, 6.45) is 0.353. The summed E-state index contributed by atoms with van der Waals surface area (Å²) < 4.78 is 5.26. The van der Waals surface area contributed by atoms with E-state index in [1.807, 2.05) is 0 Å². The Bertz CT molecular complexity index is 654. The number of fused-ring (bicyclic) bond motifs is 1. The Balaban J connectivity index is 2.58. The van der Waals surface area contributed by atoms with Crippen molar-refractivity contribution in [2.75, 3.05) is 0 Å². The molecule has 0 fully saturated rings. The molecule has 1 unspecified atom stereocenters. The molecule has 1 amide bonds. The van der Waals surface area contributed by atoms with E-state index in [1.54, 1.807) is 24.3 Å². The third-order valence-electron chi connectivity index (χ3n) is 2.66. The molecule has 19 heavy (non-hydrogen) atoms. The van der Waals surface area contributed by atoms with Gasteiger partial charge in [-0.15, -0.1) is 0 Å². The number of carbonyl (C=O) groups is 2. The van der Waals surface area contributed by atoms with Crippen LogP contribution in [0, 0.1) is 0 Å². The van der Waals surface area contributed by atoms with Crippen LogP contribution in [0.5, 0.6) is 5.75 Å². The molecule has 0 saturated carbocycles. The van der Waals surface area contributed by atoms with Crippen LogP contribution in [-0.4, -0.2) is 28.1 Å². The van der Waals surface area contributed by atoms with Crippen molar-refractivity contribution in [3.8, 4) is 5.75 Å². The van der Waals surface area contributed by atoms with Crippen LogP contribution < -0.4 is 10.5 Å². The van der Waals surface area contributed by atoms with E-state index in [2.05, 4.69) is 4.98 Å². The van der Waals surface area contributed by atoms with Crippen LogP contribution in [0.4, 0.5) is 0 Å². The Labute approximate surface area is 108 Å². The number of hydrogen-bond acceptors (Lipinski definition) is 4. The van der Waals surface area contributed by atoms with Gasteiger partial charge >= 0.3 is 5.97 Å². The summed E-state index contributed by atoms with van der Waals surface area (Å²) in [6.45, 7) is 1.45. The number of rotatable bonds is 4. The lowest BCUT2D eigenvalue weighted by atomic mass is 10.1. The fourth-order valence-corrected chi connectivity index (χ4v) is 1.68. The average molecular weight is 260 g/mol. The lowest BCUT2D eigenvalue weighted by Gasteiger charge is -2.14. The topological polar surface area (TPSA) is 103 Å². The van der Waals surface area contributed by atoms with Gasteiger partial charge in [-0.2, -0.15) is 0 Å². The fraction of sp³-hybridized carbons (Fsp3) is 0.154. The summed E-state index contributed by atoms with van der Waals surface area (Å²) in [5, 5.41) is 9.74. The van der Waals surface area contributed by atoms with Crippen molar-refractivity contribution >= 4 is 22.8 Å². The molecule has 0 spiro atoms. The van der Waals surface area contributed by atoms with Gasteiger partial charge in [0.1, 0.15) is 5.56 Å². The second-order valence-corrected chi connectivity index (χ2v) is 3.98. The first-order valence-corrected chi connectivity index (χ1v) is 5.57. The Kier molecular flexibility index (Phi) is 3.33. The number of nitrogens with zero attached hydrogens (tertiary/aromatic N) is 1. The summed E-state index contributed by atoms with van der Waals surface area (Å²) >= 11 is 0. The van der Waals surface area contributed by atoms with Crippen LogP contribution >= 0.6 is 0 Å².